The molecule has 0 amide bonds. The van der Waals surface area contributed by atoms with Crippen molar-refractivity contribution < 1.29 is 0 Å². The zero-order chi connectivity index (χ0) is 12.1. The van der Waals surface area contributed by atoms with Gasteiger partial charge < -0.3 is 5.73 Å². The van der Waals surface area contributed by atoms with E-state index >= 15 is 0 Å². The van der Waals surface area contributed by atoms with Gasteiger partial charge in [0.25, 0.3) is 0 Å². The molecule has 0 saturated heterocycles. The number of nitrogens with two attached hydrogens (primary N) is 1. The number of anilines is 1. The lowest BCUT2D eigenvalue weighted by Crippen LogP contribution is -1.82. The van der Waals surface area contributed by atoms with Crippen molar-refractivity contribution >= 4 is 28.6 Å². The summed E-state index contributed by atoms with van der Waals surface area (Å²) in [7, 11) is 0. The smallest absolute Gasteiger partial charge is 0.180 e. The summed E-state index contributed by atoms with van der Waals surface area (Å²) in [5.74, 6) is 0. The molecule has 0 atom stereocenters. The number of hydrogen-bond donors (Lipinski definition) is 1. The SMILES string of the molecule is CCCc1ccc(C=Cc2csc(N)n2)cc1. The third kappa shape index (κ3) is 3.43. The first kappa shape index (κ1) is 11.9. The fraction of sp³-hybridized carbons (Fsp3) is 0.214. The van der Waals surface area contributed by atoms with Crippen molar-refractivity contribution in [2.24, 2.45) is 0 Å². The highest BCUT2D eigenvalue weighted by Gasteiger charge is 1.94. The average Bonchev–Trinajstić information content (AvgIpc) is 2.75. The summed E-state index contributed by atoms with van der Waals surface area (Å²) in [5, 5.41) is 2.57. The van der Waals surface area contributed by atoms with Crippen molar-refractivity contribution in [2.75, 3.05) is 5.73 Å². The van der Waals surface area contributed by atoms with Crippen LogP contribution in [0.1, 0.15) is 30.2 Å². The van der Waals surface area contributed by atoms with Crippen LogP contribution in [0.3, 0.4) is 0 Å². The fourth-order valence-electron chi connectivity index (χ4n) is 1.64. The molecule has 2 nitrogen and oxygen atoms in total. The Morgan fingerprint density at radius 1 is 1.24 bits per heavy atom. The minimum absolute atomic E-state index is 0.614. The quantitative estimate of drug-likeness (QED) is 0.887. The maximum Gasteiger partial charge on any atom is 0.180 e. The van der Waals surface area contributed by atoms with Gasteiger partial charge in [-0.15, -0.1) is 11.3 Å². The third-order valence-electron chi connectivity index (χ3n) is 2.50. The predicted octanol–water partition coefficient (Wildman–Crippen LogP) is 3.85. The monoisotopic (exact) mass is 244 g/mol. The largest absolute Gasteiger partial charge is 0.375 e. The second kappa shape index (κ2) is 5.64. The summed E-state index contributed by atoms with van der Waals surface area (Å²) in [6, 6.07) is 8.63. The summed E-state index contributed by atoms with van der Waals surface area (Å²) in [6.45, 7) is 2.19. The number of nitrogen functional groups attached to an aromatic ring is 1. The molecule has 2 aromatic rings. The zero-order valence-electron chi connectivity index (χ0n) is 9.89. The Labute approximate surface area is 106 Å². The molecule has 0 unspecified atom stereocenters. The summed E-state index contributed by atoms with van der Waals surface area (Å²) in [4.78, 5) is 4.18. The van der Waals surface area contributed by atoms with E-state index in [-0.39, 0.29) is 0 Å². The van der Waals surface area contributed by atoms with Crippen LogP contribution in [0.5, 0.6) is 0 Å². The van der Waals surface area contributed by atoms with Crippen LogP contribution < -0.4 is 5.73 Å². The number of aromatic nitrogens is 1. The highest BCUT2D eigenvalue weighted by Crippen LogP contribution is 2.14. The minimum atomic E-state index is 0.614. The molecular formula is C14H16N2S. The van der Waals surface area contributed by atoms with Crippen LogP contribution >= 0.6 is 11.3 Å². The molecule has 88 valence electrons. The van der Waals surface area contributed by atoms with Crippen molar-refractivity contribution in [1.82, 2.24) is 4.98 Å². The molecule has 1 aromatic carbocycles. The van der Waals surface area contributed by atoms with Crippen LogP contribution in [0.4, 0.5) is 5.13 Å². The van der Waals surface area contributed by atoms with E-state index < -0.39 is 0 Å². The van der Waals surface area contributed by atoms with E-state index in [9.17, 15) is 0 Å². The van der Waals surface area contributed by atoms with E-state index in [1.807, 2.05) is 11.5 Å². The second-order valence-electron chi connectivity index (χ2n) is 3.94. The van der Waals surface area contributed by atoms with Crippen molar-refractivity contribution in [3.63, 3.8) is 0 Å². The van der Waals surface area contributed by atoms with Crippen LogP contribution in [0.2, 0.25) is 0 Å². The molecular weight excluding hydrogens is 228 g/mol. The lowest BCUT2D eigenvalue weighted by molar-refractivity contribution is 0.922. The Balaban J connectivity index is 2.05. The van der Waals surface area contributed by atoms with Gasteiger partial charge in [-0.2, -0.15) is 0 Å². The Morgan fingerprint density at radius 2 is 2.00 bits per heavy atom. The average molecular weight is 244 g/mol. The topological polar surface area (TPSA) is 38.9 Å². The molecule has 2 N–H and O–H groups in total. The van der Waals surface area contributed by atoms with Crippen LogP contribution in [0.25, 0.3) is 12.2 Å². The first-order valence-corrected chi connectivity index (χ1v) is 6.64. The summed E-state index contributed by atoms with van der Waals surface area (Å²) in [6.07, 6.45) is 6.38. The predicted molar refractivity (Wildman–Crippen MR) is 75.9 cm³/mol. The van der Waals surface area contributed by atoms with Gasteiger partial charge in [0, 0.05) is 5.38 Å². The number of thiazole rings is 1. The van der Waals surface area contributed by atoms with Gasteiger partial charge in [0.2, 0.25) is 0 Å². The normalized spacial score (nSPS) is 11.1. The van der Waals surface area contributed by atoms with E-state index in [1.165, 1.54) is 28.9 Å². The molecule has 1 heterocycles. The van der Waals surface area contributed by atoms with E-state index in [1.54, 1.807) is 0 Å². The van der Waals surface area contributed by atoms with Crippen molar-refractivity contribution in [3.8, 4) is 0 Å². The molecule has 2 rings (SSSR count). The Hall–Kier alpha value is -1.61. The van der Waals surface area contributed by atoms with Crippen molar-refractivity contribution in [3.05, 3.63) is 46.5 Å². The highest BCUT2D eigenvalue weighted by molar-refractivity contribution is 7.13. The molecule has 0 aliphatic rings. The number of aryl methyl sites for hydroxylation is 1. The summed E-state index contributed by atoms with van der Waals surface area (Å²) < 4.78 is 0. The van der Waals surface area contributed by atoms with Crippen LogP contribution in [0.15, 0.2) is 29.6 Å². The molecule has 3 heteroatoms. The molecule has 0 saturated carbocycles. The molecule has 0 aliphatic heterocycles. The van der Waals surface area contributed by atoms with Gasteiger partial charge in [0.1, 0.15) is 0 Å². The molecule has 17 heavy (non-hydrogen) atoms. The third-order valence-corrected chi connectivity index (χ3v) is 3.20. The zero-order valence-corrected chi connectivity index (χ0v) is 10.7. The molecule has 0 aliphatic carbocycles. The number of nitrogens with zero attached hydrogens (tertiary/aromatic N) is 1. The molecule has 0 bridgehead atoms. The Morgan fingerprint density at radius 3 is 2.59 bits per heavy atom. The second-order valence-corrected chi connectivity index (χ2v) is 4.83. The first-order chi connectivity index (χ1) is 8.28. The number of hydrogen-bond acceptors (Lipinski definition) is 3. The number of benzene rings is 1. The lowest BCUT2D eigenvalue weighted by Gasteiger charge is -1.98. The van der Waals surface area contributed by atoms with Gasteiger partial charge in [-0.1, -0.05) is 43.7 Å². The van der Waals surface area contributed by atoms with E-state index in [2.05, 4.69) is 42.2 Å². The molecule has 0 radical (unpaired) electrons. The Kier molecular flexibility index (Phi) is 3.94. The van der Waals surface area contributed by atoms with Crippen LogP contribution in [-0.2, 0) is 6.42 Å². The van der Waals surface area contributed by atoms with Gasteiger partial charge in [-0.3, -0.25) is 0 Å². The minimum Gasteiger partial charge on any atom is -0.375 e. The summed E-state index contributed by atoms with van der Waals surface area (Å²) >= 11 is 1.46. The molecule has 1 aromatic heterocycles. The standard InChI is InChI=1S/C14H16N2S/c1-2-3-11-4-6-12(7-5-11)8-9-13-10-17-14(15)16-13/h4-10H,2-3H2,1H3,(H2,15,16). The van der Waals surface area contributed by atoms with Crippen molar-refractivity contribution in [2.45, 2.75) is 19.8 Å². The van der Waals surface area contributed by atoms with Crippen molar-refractivity contribution in [1.29, 1.82) is 0 Å². The number of rotatable bonds is 4. The summed E-state index contributed by atoms with van der Waals surface area (Å²) in [5.41, 5.74) is 9.08. The van der Waals surface area contributed by atoms with Gasteiger partial charge in [0.15, 0.2) is 5.13 Å². The fourth-order valence-corrected chi connectivity index (χ4v) is 2.17. The van der Waals surface area contributed by atoms with Gasteiger partial charge >= 0.3 is 0 Å². The first-order valence-electron chi connectivity index (χ1n) is 5.76. The van der Waals surface area contributed by atoms with E-state index in [0.29, 0.717) is 5.13 Å². The van der Waals surface area contributed by atoms with Crippen LogP contribution in [-0.4, -0.2) is 4.98 Å². The maximum absolute atomic E-state index is 5.57. The van der Waals surface area contributed by atoms with E-state index in [4.69, 9.17) is 5.73 Å². The van der Waals surface area contributed by atoms with Gasteiger partial charge in [-0.25, -0.2) is 4.98 Å². The highest BCUT2D eigenvalue weighted by atomic mass is 32.1. The maximum atomic E-state index is 5.57. The molecule has 0 fully saturated rings. The van der Waals surface area contributed by atoms with E-state index in [0.717, 1.165) is 12.1 Å². The lowest BCUT2D eigenvalue weighted by atomic mass is 10.1. The van der Waals surface area contributed by atoms with Gasteiger partial charge in [0.05, 0.1) is 5.69 Å². The van der Waals surface area contributed by atoms with Crippen LogP contribution in [0, 0.1) is 0 Å². The van der Waals surface area contributed by atoms with Gasteiger partial charge in [-0.05, 0) is 23.6 Å². The molecule has 0 spiro atoms. The Bertz CT molecular complexity index is 497.